The van der Waals surface area contributed by atoms with Gasteiger partial charge >= 0.3 is 0 Å². The van der Waals surface area contributed by atoms with E-state index in [1.165, 1.54) is 25.5 Å². The Morgan fingerprint density at radius 1 is 0.976 bits per heavy atom. The predicted octanol–water partition coefficient (Wildman–Crippen LogP) is 5.77. The second-order valence-corrected chi connectivity index (χ2v) is 14.8. The Morgan fingerprint density at radius 3 is 2.31 bits per heavy atom. The molecule has 0 N–H and O–H groups in total. The summed E-state index contributed by atoms with van der Waals surface area (Å²) in [5, 5.41) is 0. The zero-order valence-corrected chi connectivity index (χ0v) is 26.2. The molecule has 228 valence electrons. The Balaban J connectivity index is 1.15. The minimum Gasteiger partial charge on any atom is -0.381 e. The molecule has 3 aromatic rings. The van der Waals surface area contributed by atoms with E-state index < -0.39 is 9.84 Å². The fourth-order valence-corrected chi connectivity index (χ4v) is 8.63. The second kappa shape index (κ2) is 12.0. The summed E-state index contributed by atoms with van der Waals surface area (Å²) in [6, 6.07) is 13.0. The number of benzene rings is 2. The molecule has 3 fully saturated rings. The highest BCUT2D eigenvalue weighted by Gasteiger charge is 2.40. The molecule has 9 heteroatoms. The van der Waals surface area contributed by atoms with Crippen molar-refractivity contribution in [2.24, 2.45) is 7.05 Å². The zero-order valence-electron chi connectivity index (χ0n) is 25.4. The molecule has 0 radical (unpaired) electrons. The number of piperidine rings is 2. The summed E-state index contributed by atoms with van der Waals surface area (Å²) in [6.07, 6.45) is 9.05. The summed E-state index contributed by atoms with van der Waals surface area (Å²) in [5.74, 6) is 0.645. The van der Waals surface area contributed by atoms with Gasteiger partial charge in [-0.3, -0.25) is 4.90 Å². The number of nitrogens with zero attached hydrogens (tertiary/aromatic N) is 4. The lowest BCUT2D eigenvalue weighted by atomic mass is 9.83. The number of aryl methyl sites for hydroxylation is 1. The number of ether oxygens (including phenoxy) is 1. The summed E-state index contributed by atoms with van der Waals surface area (Å²) in [4.78, 5) is 10.5. The van der Waals surface area contributed by atoms with Gasteiger partial charge in [0.05, 0.1) is 10.4 Å². The van der Waals surface area contributed by atoms with Gasteiger partial charge in [0.1, 0.15) is 11.3 Å². The molecule has 0 amide bonds. The first-order chi connectivity index (χ1) is 20.2. The molecule has 0 saturated carbocycles. The van der Waals surface area contributed by atoms with Gasteiger partial charge in [0.2, 0.25) is 0 Å². The number of sulfone groups is 1. The maximum absolute atomic E-state index is 16.1. The standard InChI is InChI=1S/C33H45FN4O3S/c1-5-25-21-27(20-22(2)38(25)26-14-18-41-19-15-26)37-16-12-23(13-17-37)29-10-11-30-32(31(29)34)36(3)33(35-30)24-6-8-28(9-7-24)42(4,39)40/h6-11,22-23,25-27H,5,12-21H2,1-4H3. The molecule has 0 aliphatic carbocycles. The Kier molecular flexibility index (Phi) is 8.48. The number of hydrogen-bond acceptors (Lipinski definition) is 6. The topological polar surface area (TPSA) is 67.7 Å². The van der Waals surface area contributed by atoms with Crippen LogP contribution in [0.2, 0.25) is 0 Å². The van der Waals surface area contributed by atoms with Gasteiger partial charge in [-0.2, -0.15) is 0 Å². The lowest BCUT2D eigenvalue weighted by molar-refractivity contribution is -0.0441. The minimum absolute atomic E-state index is 0.176. The van der Waals surface area contributed by atoms with E-state index in [-0.39, 0.29) is 16.6 Å². The highest BCUT2D eigenvalue weighted by molar-refractivity contribution is 7.90. The smallest absolute Gasteiger partial charge is 0.175 e. The molecule has 3 atom stereocenters. The lowest BCUT2D eigenvalue weighted by Gasteiger charge is -2.51. The van der Waals surface area contributed by atoms with Crippen LogP contribution in [-0.4, -0.2) is 84.5 Å². The van der Waals surface area contributed by atoms with Crippen molar-refractivity contribution in [1.29, 1.82) is 0 Å². The third-order valence-electron chi connectivity index (χ3n) is 10.2. The average molecular weight is 597 g/mol. The third-order valence-corrected chi connectivity index (χ3v) is 11.3. The van der Waals surface area contributed by atoms with Gasteiger partial charge in [-0.1, -0.05) is 13.0 Å². The largest absolute Gasteiger partial charge is 0.381 e. The van der Waals surface area contributed by atoms with Crippen LogP contribution in [0.5, 0.6) is 0 Å². The first-order valence-electron chi connectivity index (χ1n) is 15.7. The molecule has 0 bridgehead atoms. The number of hydrogen-bond donors (Lipinski definition) is 0. The first kappa shape index (κ1) is 29.7. The maximum atomic E-state index is 16.1. The summed E-state index contributed by atoms with van der Waals surface area (Å²) < 4.78 is 47.3. The van der Waals surface area contributed by atoms with Gasteiger partial charge in [-0.25, -0.2) is 17.8 Å². The average Bonchev–Trinajstić information content (AvgIpc) is 3.34. The van der Waals surface area contributed by atoms with Crippen LogP contribution in [0.1, 0.15) is 70.3 Å². The van der Waals surface area contributed by atoms with E-state index in [9.17, 15) is 8.42 Å². The van der Waals surface area contributed by atoms with Crippen LogP contribution in [-0.2, 0) is 21.6 Å². The Labute approximate surface area is 250 Å². The summed E-state index contributed by atoms with van der Waals surface area (Å²) >= 11 is 0. The monoisotopic (exact) mass is 596 g/mol. The van der Waals surface area contributed by atoms with Crippen LogP contribution in [0.25, 0.3) is 22.4 Å². The Morgan fingerprint density at radius 2 is 1.67 bits per heavy atom. The molecule has 3 unspecified atom stereocenters. The normalized spacial score (nSPS) is 25.8. The van der Waals surface area contributed by atoms with E-state index in [0.29, 0.717) is 41.0 Å². The maximum Gasteiger partial charge on any atom is 0.175 e. The first-order valence-corrected chi connectivity index (χ1v) is 17.6. The molecule has 6 rings (SSSR count). The van der Waals surface area contributed by atoms with E-state index in [1.807, 2.05) is 19.2 Å². The van der Waals surface area contributed by atoms with E-state index in [0.717, 1.165) is 63.1 Å². The molecule has 4 heterocycles. The van der Waals surface area contributed by atoms with Gasteiger partial charge < -0.3 is 14.2 Å². The Hall–Kier alpha value is -2.33. The van der Waals surface area contributed by atoms with Crippen LogP contribution < -0.4 is 0 Å². The summed E-state index contributed by atoms with van der Waals surface area (Å²) in [6.45, 7) is 8.56. The van der Waals surface area contributed by atoms with Crippen molar-refractivity contribution in [1.82, 2.24) is 19.4 Å². The van der Waals surface area contributed by atoms with Crippen molar-refractivity contribution in [2.75, 3.05) is 32.6 Å². The third kappa shape index (κ3) is 5.65. The van der Waals surface area contributed by atoms with E-state index >= 15 is 4.39 Å². The van der Waals surface area contributed by atoms with Gasteiger partial charge in [0.15, 0.2) is 15.7 Å². The molecular weight excluding hydrogens is 551 g/mol. The van der Waals surface area contributed by atoms with E-state index in [1.54, 1.807) is 28.8 Å². The van der Waals surface area contributed by atoms with Crippen molar-refractivity contribution in [3.63, 3.8) is 0 Å². The number of halogens is 1. The van der Waals surface area contributed by atoms with Crippen LogP contribution in [0.3, 0.4) is 0 Å². The summed E-state index contributed by atoms with van der Waals surface area (Å²) in [7, 11) is -1.45. The van der Waals surface area contributed by atoms with Crippen LogP contribution in [0, 0.1) is 5.82 Å². The Bertz CT molecular complexity index is 1510. The molecule has 3 saturated heterocycles. The number of imidazole rings is 1. The molecule has 3 aliphatic heterocycles. The van der Waals surface area contributed by atoms with Gasteiger partial charge in [0.25, 0.3) is 0 Å². The SMILES string of the molecule is CCC1CC(N2CCC(c3ccc4nc(-c5ccc(S(C)(=O)=O)cc5)n(C)c4c3F)CC2)CC(C)N1C1CCOCC1. The quantitative estimate of drug-likeness (QED) is 0.360. The molecular formula is C33H45FN4O3S. The number of likely N-dealkylation sites (tertiary alicyclic amines) is 2. The van der Waals surface area contributed by atoms with Crippen molar-refractivity contribution in [3.05, 3.63) is 47.8 Å². The second-order valence-electron chi connectivity index (χ2n) is 12.8. The fourth-order valence-electron chi connectivity index (χ4n) is 8.00. The van der Waals surface area contributed by atoms with E-state index in [2.05, 4.69) is 23.6 Å². The number of aromatic nitrogens is 2. The van der Waals surface area contributed by atoms with Crippen molar-refractivity contribution in [2.45, 2.75) is 93.8 Å². The highest BCUT2D eigenvalue weighted by atomic mass is 32.2. The zero-order chi connectivity index (χ0) is 29.6. The van der Waals surface area contributed by atoms with Crippen LogP contribution in [0.4, 0.5) is 4.39 Å². The molecule has 0 spiro atoms. The molecule has 42 heavy (non-hydrogen) atoms. The van der Waals surface area contributed by atoms with Crippen molar-refractivity contribution < 1.29 is 17.5 Å². The number of fused-ring (bicyclic) bond motifs is 1. The van der Waals surface area contributed by atoms with Crippen molar-refractivity contribution >= 4 is 20.9 Å². The molecule has 2 aromatic carbocycles. The lowest BCUT2D eigenvalue weighted by Crippen LogP contribution is -2.58. The van der Waals surface area contributed by atoms with Gasteiger partial charge in [-0.05, 0) is 107 Å². The minimum atomic E-state index is -3.28. The molecule has 1 aromatic heterocycles. The van der Waals surface area contributed by atoms with Gasteiger partial charge in [0, 0.05) is 56.2 Å². The predicted molar refractivity (Wildman–Crippen MR) is 165 cm³/mol. The van der Waals surface area contributed by atoms with E-state index in [4.69, 9.17) is 9.72 Å². The molecule has 3 aliphatic rings. The number of rotatable bonds is 6. The van der Waals surface area contributed by atoms with Crippen LogP contribution >= 0.6 is 0 Å². The fraction of sp³-hybridized carbons (Fsp3) is 0.606. The van der Waals surface area contributed by atoms with Crippen molar-refractivity contribution in [3.8, 4) is 11.4 Å². The highest BCUT2D eigenvalue weighted by Crippen LogP contribution is 2.38. The van der Waals surface area contributed by atoms with Gasteiger partial charge in [-0.15, -0.1) is 0 Å². The van der Waals surface area contributed by atoms with Crippen LogP contribution in [0.15, 0.2) is 41.3 Å². The summed E-state index contributed by atoms with van der Waals surface area (Å²) in [5.41, 5.74) is 2.68. The molecule has 7 nitrogen and oxygen atoms in total.